The molecule has 1 aromatic heterocycles. The van der Waals surface area contributed by atoms with Crippen LogP contribution in [0, 0.1) is 0 Å². The molecule has 2 heterocycles. The lowest BCUT2D eigenvalue weighted by Crippen LogP contribution is -2.52. The van der Waals surface area contributed by atoms with Crippen molar-refractivity contribution < 1.29 is 8.42 Å². The van der Waals surface area contributed by atoms with Gasteiger partial charge in [-0.05, 0) is 20.5 Å². The molecule has 7 nitrogen and oxygen atoms in total. The number of hydrogen-bond donors (Lipinski definition) is 2. The van der Waals surface area contributed by atoms with Crippen LogP contribution in [0.2, 0.25) is 0 Å². The first kappa shape index (κ1) is 15.4. The van der Waals surface area contributed by atoms with E-state index in [0.29, 0.717) is 18.7 Å². The van der Waals surface area contributed by atoms with Crippen LogP contribution in [0.25, 0.3) is 0 Å². The van der Waals surface area contributed by atoms with Crippen molar-refractivity contribution in [2.75, 3.05) is 33.2 Å². The molecule has 1 aliphatic rings. The summed E-state index contributed by atoms with van der Waals surface area (Å²) in [6.07, 6.45) is 1.58. The van der Waals surface area contributed by atoms with Crippen molar-refractivity contribution >= 4 is 10.0 Å². The smallest absolute Gasteiger partial charge is 0.260 e. The molecule has 0 amide bonds. The van der Waals surface area contributed by atoms with Gasteiger partial charge in [0.25, 0.3) is 10.0 Å². The van der Waals surface area contributed by atoms with Gasteiger partial charge in [0, 0.05) is 37.8 Å². The maximum Gasteiger partial charge on any atom is 0.260 e. The number of aromatic amines is 1. The Balaban J connectivity index is 2.24. The molecule has 0 aliphatic carbocycles. The average molecular weight is 301 g/mol. The molecule has 1 fully saturated rings. The molecular formula is C12H23N5O2S. The number of sulfonamides is 1. The summed E-state index contributed by atoms with van der Waals surface area (Å²) in [5.41, 5.74) is 0.693. The first-order valence-electron chi connectivity index (χ1n) is 6.90. The van der Waals surface area contributed by atoms with E-state index in [4.69, 9.17) is 0 Å². The van der Waals surface area contributed by atoms with Gasteiger partial charge in [-0.15, -0.1) is 0 Å². The molecule has 8 heteroatoms. The van der Waals surface area contributed by atoms with Crippen molar-refractivity contribution in [2.45, 2.75) is 31.5 Å². The molecule has 1 saturated heterocycles. The van der Waals surface area contributed by atoms with Crippen molar-refractivity contribution in [3.8, 4) is 0 Å². The Labute approximate surface area is 120 Å². The number of likely N-dealkylation sites (N-methyl/N-ethyl adjacent to an activating group) is 1. The van der Waals surface area contributed by atoms with Crippen LogP contribution in [0.1, 0.15) is 19.4 Å². The molecule has 20 heavy (non-hydrogen) atoms. The Kier molecular flexibility index (Phi) is 4.79. The van der Waals surface area contributed by atoms with Gasteiger partial charge in [-0.25, -0.2) is 8.42 Å². The van der Waals surface area contributed by atoms with Gasteiger partial charge in [-0.3, -0.25) is 5.10 Å². The van der Waals surface area contributed by atoms with E-state index in [1.807, 2.05) is 20.9 Å². The predicted molar refractivity (Wildman–Crippen MR) is 76.8 cm³/mol. The Morgan fingerprint density at radius 2 is 2.25 bits per heavy atom. The van der Waals surface area contributed by atoms with Gasteiger partial charge in [-0.1, -0.05) is 6.92 Å². The summed E-state index contributed by atoms with van der Waals surface area (Å²) >= 11 is 0. The molecule has 2 N–H and O–H groups in total. The summed E-state index contributed by atoms with van der Waals surface area (Å²) < 4.78 is 27.1. The van der Waals surface area contributed by atoms with E-state index in [-0.39, 0.29) is 11.1 Å². The van der Waals surface area contributed by atoms with Crippen LogP contribution in [0.3, 0.4) is 0 Å². The number of nitrogens with one attached hydrogen (secondary N) is 2. The molecule has 1 aliphatic heterocycles. The van der Waals surface area contributed by atoms with Crippen molar-refractivity contribution in [1.82, 2.24) is 24.7 Å². The molecule has 1 aromatic rings. The molecule has 2 rings (SSSR count). The molecule has 0 spiro atoms. The van der Waals surface area contributed by atoms with E-state index in [2.05, 4.69) is 20.4 Å². The summed E-state index contributed by atoms with van der Waals surface area (Å²) in [7, 11) is -1.50. The third-order valence-electron chi connectivity index (χ3n) is 3.58. The lowest BCUT2D eigenvalue weighted by atomic mass is 10.2. The lowest BCUT2D eigenvalue weighted by molar-refractivity contribution is 0.170. The molecule has 0 radical (unpaired) electrons. The Bertz CT molecular complexity index is 542. The second-order valence-electron chi connectivity index (χ2n) is 5.23. The number of nitrogens with zero attached hydrogens (tertiary/aromatic N) is 3. The van der Waals surface area contributed by atoms with Crippen LogP contribution >= 0.6 is 0 Å². The summed E-state index contributed by atoms with van der Waals surface area (Å²) in [5.74, 6) is 0. The van der Waals surface area contributed by atoms with E-state index in [0.717, 1.165) is 19.6 Å². The van der Waals surface area contributed by atoms with Crippen LogP contribution in [-0.4, -0.2) is 67.1 Å². The van der Waals surface area contributed by atoms with Gasteiger partial charge in [0.1, 0.15) is 0 Å². The van der Waals surface area contributed by atoms with Crippen molar-refractivity contribution in [1.29, 1.82) is 0 Å². The zero-order valence-electron chi connectivity index (χ0n) is 12.3. The zero-order valence-corrected chi connectivity index (χ0v) is 13.1. The van der Waals surface area contributed by atoms with Gasteiger partial charge in [-0.2, -0.15) is 9.40 Å². The first-order chi connectivity index (χ1) is 9.46. The SMILES string of the molecule is CCNCc1cn[nH]c1S(=O)(=O)N1CCN(C)CC1C. The largest absolute Gasteiger partial charge is 0.313 e. The van der Waals surface area contributed by atoms with Crippen molar-refractivity contribution in [2.24, 2.45) is 0 Å². The fourth-order valence-corrected chi connectivity index (χ4v) is 4.23. The third kappa shape index (κ3) is 3.03. The molecular weight excluding hydrogens is 278 g/mol. The second-order valence-corrected chi connectivity index (χ2v) is 7.06. The lowest BCUT2D eigenvalue weighted by Gasteiger charge is -2.36. The summed E-state index contributed by atoms with van der Waals surface area (Å²) in [4.78, 5) is 2.14. The maximum absolute atomic E-state index is 12.8. The molecule has 114 valence electrons. The number of rotatable bonds is 5. The summed E-state index contributed by atoms with van der Waals surface area (Å²) in [6, 6.07) is -0.0333. The van der Waals surface area contributed by atoms with Gasteiger partial charge >= 0.3 is 0 Å². The second kappa shape index (κ2) is 6.21. The highest BCUT2D eigenvalue weighted by Gasteiger charge is 2.34. The van der Waals surface area contributed by atoms with E-state index >= 15 is 0 Å². The van der Waals surface area contributed by atoms with Crippen molar-refractivity contribution in [3.05, 3.63) is 11.8 Å². The highest BCUT2D eigenvalue weighted by Crippen LogP contribution is 2.22. The fourth-order valence-electron chi connectivity index (χ4n) is 2.51. The monoisotopic (exact) mass is 301 g/mol. The number of hydrogen-bond acceptors (Lipinski definition) is 5. The summed E-state index contributed by atoms with van der Waals surface area (Å²) in [6.45, 7) is 7.22. The van der Waals surface area contributed by atoms with Gasteiger partial charge in [0.15, 0.2) is 5.03 Å². The third-order valence-corrected chi connectivity index (χ3v) is 5.61. The summed E-state index contributed by atoms with van der Waals surface area (Å²) in [5, 5.41) is 9.90. The van der Waals surface area contributed by atoms with Crippen molar-refractivity contribution in [3.63, 3.8) is 0 Å². The first-order valence-corrected chi connectivity index (χ1v) is 8.34. The minimum Gasteiger partial charge on any atom is -0.313 e. The minimum atomic E-state index is -3.50. The standard InChI is InChI=1S/C12H23N5O2S/c1-4-13-7-11-8-14-15-12(11)20(18,19)17-6-5-16(3)9-10(17)2/h8,10,13H,4-7,9H2,1-3H3,(H,14,15). The van der Waals surface area contributed by atoms with Crippen LogP contribution in [0.4, 0.5) is 0 Å². The van der Waals surface area contributed by atoms with Crippen LogP contribution < -0.4 is 5.32 Å². The average Bonchev–Trinajstić information content (AvgIpc) is 2.84. The van der Waals surface area contributed by atoms with Gasteiger partial charge in [0.05, 0.1) is 6.20 Å². The van der Waals surface area contributed by atoms with Crippen LogP contribution in [-0.2, 0) is 16.6 Å². The maximum atomic E-state index is 12.8. The molecule has 1 atom stereocenters. The fraction of sp³-hybridized carbons (Fsp3) is 0.750. The zero-order chi connectivity index (χ0) is 14.8. The highest BCUT2D eigenvalue weighted by atomic mass is 32.2. The Morgan fingerprint density at radius 1 is 1.50 bits per heavy atom. The number of piperazine rings is 1. The Hall–Kier alpha value is -0.960. The topological polar surface area (TPSA) is 81.3 Å². The van der Waals surface area contributed by atoms with Crippen LogP contribution in [0.15, 0.2) is 11.2 Å². The van der Waals surface area contributed by atoms with E-state index in [1.165, 1.54) is 0 Å². The number of aromatic nitrogens is 2. The van der Waals surface area contributed by atoms with E-state index < -0.39 is 10.0 Å². The quantitative estimate of drug-likeness (QED) is 0.790. The van der Waals surface area contributed by atoms with Gasteiger partial charge < -0.3 is 10.2 Å². The molecule has 0 saturated carbocycles. The molecule has 1 unspecified atom stereocenters. The van der Waals surface area contributed by atoms with Crippen LogP contribution in [0.5, 0.6) is 0 Å². The minimum absolute atomic E-state index is 0.0333. The molecule has 0 aromatic carbocycles. The van der Waals surface area contributed by atoms with E-state index in [9.17, 15) is 8.42 Å². The Morgan fingerprint density at radius 3 is 2.90 bits per heavy atom. The number of H-pyrrole nitrogens is 1. The molecule has 0 bridgehead atoms. The van der Waals surface area contributed by atoms with Gasteiger partial charge in [0.2, 0.25) is 0 Å². The predicted octanol–water partition coefficient (Wildman–Crippen LogP) is -0.156. The normalized spacial score (nSPS) is 22.2. The van der Waals surface area contributed by atoms with E-state index in [1.54, 1.807) is 10.5 Å². The highest BCUT2D eigenvalue weighted by molar-refractivity contribution is 7.89.